The Bertz CT molecular complexity index is 5020. The Labute approximate surface area is 520 Å². The van der Waals surface area contributed by atoms with Crippen molar-refractivity contribution in [3.8, 4) is 61.8 Å². The maximum Gasteiger partial charge on any atom is 2.00 e. The van der Waals surface area contributed by atoms with Crippen LogP contribution >= 0.6 is 0 Å². The van der Waals surface area contributed by atoms with Gasteiger partial charge in [0, 0.05) is 45.0 Å². The zero-order valence-electron chi connectivity index (χ0n) is 59.4. The first-order chi connectivity index (χ1) is 43.8. The van der Waals surface area contributed by atoms with Crippen molar-refractivity contribution in [2.45, 2.75) is 111 Å². The molecule has 0 saturated heterocycles. The zero-order chi connectivity index (χ0) is 66.3. The van der Waals surface area contributed by atoms with Crippen molar-refractivity contribution in [2.75, 3.05) is 0 Å². The minimum Gasteiger partial charge on any atom is -0.509 e. The minimum atomic E-state index is -2.62. The number of fused-ring (bicyclic) bond motifs is 5. The van der Waals surface area contributed by atoms with Crippen molar-refractivity contribution in [2.24, 2.45) is 0 Å². The van der Waals surface area contributed by atoms with Crippen molar-refractivity contribution in [1.29, 1.82) is 0 Å². The van der Waals surface area contributed by atoms with Crippen molar-refractivity contribution < 1.29 is 40.9 Å². The van der Waals surface area contributed by atoms with Gasteiger partial charge in [-0.3, -0.25) is 0 Å². The van der Waals surface area contributed by atoms with Crippen LogP contribution in [-0.4, -0.2) is 15.6 Å². The van der Waals surface area contributed by atoms with E-state index in [1.165, 1.54) is 11.6 Å². The topological polar surface area (TPSA) is 33.1 Å². The predicted octanol–water partition coefficient (Wildman–Crippen LogP) is 20.3. The Hall–Kier alpha value is -8.20. The second-order valence-electron chi connectivity index (χ2n) is 25.1. The largest absolute Gasteiger partial charge is 2.00 e. The van der Waals surface area contributed by atoms with Crippen LogP contribution in [0.25, 0.3) is 72.1 Å². The number of para-hydroxylation sites is 4. The van der Waals surface area contributed by atoms with Gasteiger partial charge in [-0.05, 0) is 137 Å². The Morgan fingerprint density at radius 1 is 0.578 bits per heavy atom. The molecule has 5 nitrogen and oxygen atoms in total. The Kier molecular flexibility index (Phi) is 10.9. The molecular formula is C77H70N4OPt+2. The summed E-state index contributed by atoms with van der Waals surface area (Å²) in [6.45, 7) is 19.4. The number of aryl methyl sites for hydroxylation is 1. The molecule has 0 atom stereocenters. The van der Waals surface area contributed by atoms with Gasteiger partial charge in [-0.2, -0.15) is 12.1 Å². The van der Waals surface area contributed by atoms with E-state index in [0.717, 1.165) is 52.0 Å². The molecule has 0 bridgehead atoms. The van der Waals surface area contributed by atoms with Crippen molar-refractivity contribution in [1.82, 2.24) is 18.7 Å². The maximum absolute atomic E-state index is 9.93. The Morgan fingerprint density at radius 2 is 1.24 bits per heavy atom. The molecule has 1 aliphatic carbocycles. The van der Waals surface area contributed by atoms with E-state index in [-0.39, 0.29) is 129 Å². The number of benzene rings is 9. The van der Waals surface area contributed by atoms with Gasteiger partial charge in [-0.25, -0.2) is 4.98 Å². The van der Waals surface area contributed by atoms with Gasteiger partial charge < -0.3 is 9.30 Å². The quantitative estimate of drug-likeness (QED) is 0.107. The number of ether oxygens (including phenoxy) is 1. The number of hydrogen-bond donors (Lipinski definition) is 0. The van der Waals surface area contributed by atoms with E-state index in [4.69, 9.17) is 17.9 Å². The fourth-order valence-electron chi connectivity index (χ4n) is 11.7. The third kappa shape index (κ3) is 10.1. The monoisotopic (exact) mass is 1270 g/mol. The normalized spacial score (nSPS) is 16.4. The molecule has 412 valence electrons. The van der Waals surface area contributed by atoms with Crippen molar-refractivity contribution in [3.63, 3.8) is 0 Å². The number of nitrogens with zero attached hydrogens (tertiary/aromatic N) is 4. The van der Waals surface area contributed by atoms with Crippen LogP contribution in [0.15, 0.2) is 200 Å². The maximum atomic E-state index is 9.93. The summed E-state index contributed by atoms with van der Waals surface area (Å²) < 4.78 is 113. The molecule has 9 aromatic carbocycles. The molecule has 0 radical (unpaired) electrons. The number of rotatable bonds is 9. The standard InChI is InChI=1S/C77H70N4O.Pt/c1-50-40-72(78-48-65(50)54-34-37-66-67(44-54)77(10,11)39-38-76(66,8)9)81-68-31-16-15-28-63(68)64-36-35-60(47-71(64)81)82-59-27-20-26-58(46-59)79-49-80(70-33-18-17-32-69(70)79)73-61(53-25-19-24-52(41-53)51-22-13-12-14-23-51)29-21-30-62(73)55-42-56(74(2,3)4)45-57(43-55)75(5,6)7;/h12-37,40-45,48H,38-39H2,1-11H3;/q;+2/i1D3,15D,16D,19D,24D,25D,28D,31D,41D;. The van der Waals surface area contributed by atoms with E-state index in [2.05, 4.69) is 118 Å². The van der Waals surface area contributed by atoms with Crippen LogP contribution in [0, 0.1) is 19.0 Å². The second kappa shape index (κ2) is 20.9. The van der Waals surface area contributed by atoms with Gasteiger partial charge in [0.25, 0.3) is 11.4 Å². The minimum absolute atomic E-state index is 0. The fourth-order valence-corrected chi connectivity index (χ4v) is 11.7. The van der Waals surface area contributed by atoms with Crippen LogP contribution in [0.4, 0.5) is 22.7 Å². The number of pyridine rings is 1. The molecule has 0 N–H and O–H groups in total. The summed E-state index contributed by atoms with van der Waals surface area (Å²) >= 11 is 0. The zero-order valence-corrected chi connectivity index (χ0v) is 50.6. The van der Waals surface area contributed by atoms with Crippen LogP contribution in [0.2, 0.25) is 0 Å². The summed E-state index contributed by atoms with van der Waals surface area (Å²) in [6.07, 6.45) is 3.54. The van der Waals surface area contributed by atoms with Gasteiger partial charge in [0.05, 0.1) is 22.1 Å². The molecule has 3 heterocycles. The molecule has 83 heavy (non-hydrogen) atoms. The van der Waals surface area contributed by atoms with Crippen LogP contribution < -0.4 is 13.9 Å². The third-order valence-electron chi connectivity index (χ3n) is 16.5. The summed E-state index contributed by atoms with van der Waals surface area (Å²) in [5, 5.41) is 0.627. The fraction of sp³-hybridized carbons (Fsp3) is 0.221. The summed E-state index contributed by atoms with van der Waals surface area (Å²) in [6, 6.07) is 54.3. The van der Waals surface area contributed by atoms with Gasteiger partial charge in [-0.15, -0.1) is 23.6 Å². The van der Waals surface area contributed by atoms with Gasteiger partial charge >= 0.3 is 27.1 Å². The molecule has 1 aliphatic heterocycles. The van der Waals surface area contributed by atoms with E-state index < -0.39 is 18.9 Å². The van der Waals surface area contributed by atoms with Crippen LogP contribution in [0.3, 0.4) is 0 Å². The van der Waals surface area contributed by atoms with Gasteiger partial charge in [0.2, 0.25) is 5.69 Å². The van der Waals surface area contributed by atoms with E-state index in [1.54, 1.807) is 29.0 Å². The smallest absolute Gasteiger partial charge is 0.509 e. The molecule has 2 aromatic heterocycles. The third-order valence-corrected chi connectivity index (χ3v) is 16.5. The average molecular weight is 1270 g/mol. The Morgan fingerprint density at radius 3 is 1.98 bits per heavy atom. The second-order valence-corrected chi connectivity index (χ2v) is 25.1. The molecular weight excluding hydrogens is 1190 g/mol. The molecule has 0 unspecified atom stereocenters. The molecule has 2 aliphatic rings. The molecule has 6 heteroatoms. The van der Waals surface area contributed by atoms with Crippen LogP contribution in [0.1, 0.15) is 125 Å². The van der Waals surface area contributed by atoms with Crippen molar-refractivity contribution in [3.05, 3.63) is 240 Å². The van der Waals surface area contributed by atoms with Crippen LogP contribution in [-0.2, 0) is 42.7 Å². The molecule has 13 rings (SSSR count). The first-order valence-corrected chi connectivity index (χ1v) is 28.1. The van der Waals surface area contributed by atoms with Gasteiger partial charge in [-0.1, -0.05) is 213 Å². The van der Waals surface area contributed by atoms with Gasteiger partial charge in [0.1, 0.15) is 11.5 Å². The summed E-state index contributed by atoms with van der Waals surface area (Å²) in [7, 11) is 0. The SMILES string of the molecule is [2H]c1c([2H])c(-c2ccccc2)c([2H])c(-c2cccc(-c3cc(C(C)(C)C)cc(C(C)(C)C)c3)c2[N+]2=C=[N+](c3[c-]c(Oc4[c-]c5c(cc4)c4c([2H])c([2H])c([2H])c([2H])c4n5-c4cc(C([2H])([2H])[2H])c(-c5ccc6c(c5)C(C)(C)CCC6(C)C)cn4)ccc3)c3ccccc32)c1[2H].[Pt+2]. The summed E-state index contributed by atoms with van der Waals surface area (Å²) in [5.41, 5.74) is 11.3. The van der Waals surface area contributed by atoms with Gasteiger partial charge in [0.15, 0.2) is 0 Å². The molecule has 0 saturated carbocycles. The molecule has 11 aromatic rings. The van der Waals surface area contributed by atoms with E-state index >= 15 is 0 Å². The predicted molar refractivity (Wildman–Crippen MR) is 343 cm³/mol. The van der Waals surface area contributed by atoms with Crippen LogP contribution in [0.5, 0.6) is 11.5 Å². The van der Waals surface area contributed by atoms with E-state index in [9.17, 15) is 6.85 Å². The van der Waals surface area contributed by atoms with Crippen molar-refractivity contribution >= 4 is 50.6 Å². The number of aromatic nitrogens is 2. The average Bonchev–Trinajstić information content (AvgIpc) is 1.49. The molecule has 0 spiro atoms. The van der Waals surface area contributed by atoms with E-state index in [0.29, 0.717) is 39.0 Å². The summed E-state index contributed by atoms with van der Waals surface area (Å²) in [4.78, 5) is 4.93. The molecule has 0 amide bonds. The summed E-state index contributed by atoms with van der Waals surface area (Å²) in [5.74, 6) is 0.587. The first-order valence-electron chi connectivity index (χ1n) is 33.6. The van der Waals surface area contributed by atoms with E-state index in [1.807, 2.05) is 100 Å². The molecule has 0 fully saturated rings. The Balaban J connectivity index is 0.00000848. The number of hydrogen-bond acceptors (Lipinski definition) is 2. The first kappa shape index (κ1) is 43.5.